The van der Waals surface area contributed by atoms with Crippen LogP contribution in [0.2, 0.25) is 0 Å². The molecule has 0 fully saturated rings. The van der Waals surface area contributed by atoms with Gasteiger partial charge in [-0.1, -0.05) is 55.5 Å². The van der Waals surface area contributed by atoms with Crippen LogP contribution in [-0.2, 0) is 11.0 Å². The van der Waals surface area contributed by atoms with E-state index in [1.807, 2.05) is 57.2 Å². The maximum atomic E-state index is 12.6. The van der Waals surface area contributed by atoms with Crippen molar-refractivity contribution >= 4 is 13.3 Å². The normalized spacial score (nSPS) is 13.6. The average Bonchev–Trinajstić information content (AvgIpc) is 2.52. The van der Waals surface area contributed by atoms with Crippen molar-refractivity contribution in [3.05, 3.63) is 70.8 Å². The van der Waals surface area contributed by atoms with Crippen LogP contribution in [0.15, 0.2) is 48.5 Å². The molecule has 0 bridgehead atoms. The largest absolute Gasteiger partial charge is 0.318 e. The van der Waals surface area contributed by atoms with E-state index in [0.717, 1.165) is 24.0 Å². The fraction of sp³-hybridized carbons (Fsp3) is 0.316. The third-order valence-electron chi connectivity index (χ3n) is 4.09. The van der Waals surface area contributed by atoms with Crippen molar-refractivity contribution < 1.29 is 9.36 Å². The van der Waals surface area contributed by atoms with Crippen molar-refractivity contribution in [1.82, 2.24) is 0 Å². The van der Waals surface area contributed by atoms with Crippen LogP contribution in [-0.4, -0.2) is 11.2 Å². The predicted octanol–water partition coefficient (Wildman–Crippen LogP) is 5.02. The molecular weight excluding hydrogens is 291 g/mol. The van der Waals surface area contributed by atoms with E-state index >= 15 is 0 Å². The van der Waals surface area contributed by atoms with Crippen molar-refractivity contribution in [3.63, 3.8) is 0 Å². The third kappa shape index (κ3) is 3.96. The minimum absolute atomic E-state index is 0.0725. The average molecular weight is 314 g/mol. The summed E-state index contributed by atoms with van der Waals surface area (Å²) in [5.41, 5.74) is 3.47. The molecular formula is C19H23O2P. The van der Waals surface area contributed by atoms with Crippen LogP contribution in [0.25, 0.3) is 0 Å². The summed E-state index contributed by atoms with van der Waals surface area (Å²) in [6.45, 7) is 5.74. The molecule has 0 spiro atoms. The molecule has 2 unspecified atom stereocenters. The van der Waals surface area contributed by atoms with Crippen molar-refractivity contribution in [2.24, 2.45) is 0 Å². The molecule has 0 aliphatic carbocycles. The van der Waals surface area contributed by atoms with Crippen LogP contribution in [0, 0.1) is 13.8 Å². The molecule has 2 nitrogen and oxygen atoms in total. The highest BCUT2D eigenvalue weighted by molar-refractivity contribution is 7.65. The lowest BCUT2D eigenvalue weighted by molar-refractivity contribution is 0.107. The lowest BCUT2D eigenvalue weighted by Gasteiger charge is -2.13. The van der Waals surface area contributed by atoms with E-state index in [-0.39, 0.29) is 11.2 Å². The first-order valence-electron chi connectivity index (χ1n) is 7.69. The molecule has 0 heterocycles. The molecule has 0 N–H and O–H groups in total. The summed E-state index contributed by atoms with van der Waals surface area (Å²) in [4.78, 5) is 12.6. The molecule has 0 amide bonds. The molecule has 2 aromatic carbocycles. The topological polar surface area (TPSA) is 34.1 Å². The van der Waals surface area contributed by atoms with E-state index in [1.165, 1.54) is 5.56 Å². The number of aryl methyl sites for hydroxylation is 3. The van der Waals surface area contributed by atoms with Gasteiger partial charge in [0.1, 0.15) is 7.80 Å². The molecule has 0 aromatic heterocycles. The second-order valence-electron chi connectivity index (χ2n) is 5.89. The van der Waals surface area contributed by atoms with Gasteiger partial charge in [-0.05, 0) is 43.4 Å². The minimum Gasteiger partial charge on any atom is -0.318 e. The lowest BCUT2D eigenvalue weighted by Crippen LogP contribution is -2.07. The molecule has 116 valence electrons. The van der Waals surface area contributed by atoms with Gasteiger partial charge in [-0.25, -0.2) is 0 Å². The van der Waals surface area contributed by atoms with E-state index < -0.39 is 7.80 Å². The highest BCUT2D eigenvalue weighted by Crippen LogP contribution is 2.36. The van der Waals surface area contributed by atoms with Crippen molar-refractivity contribution in [2.45, 2.75) is 39.3 Å². The van der Waals surface area contributed by atoms with E-state index in [1.54, 1.807) is 0 Å². The summed E-state index contributed by atoms with van der Waals surface area (Å²) in [6.07, 6.45) is 1.64. The van der Waals surface area contributed by atoms with Crippen molar-refractivity contribution in [1.29, 1.82) is 0 Å². The molecule has 2 rings (SSSR count). The first kappa shape index (κ1) is 16.7. The van der Waals surface area contributed by atoms with Crippen LogP contribution in [0.4, 0.5) is 0 Å². The zero-order valence-corrected chi connectivity index (χ0v) is 14.4. The summed E-state index contributed by atoms with van der Waals surface area (Å²) < 4.78 is 12.6. The molecule has 2 atom stereocenters. The minimum atomic E-state index is -2.30. The molecule has 0 aliphatic rings. The number of benzene rings is 2. The van der Waals surface area contributed by atoms with Gasteiger partial charge in [-0.2, -0.15) is 0 Å². The van der Waals surface area contributed by atoms with E-state index in [4.69, 9.17) is 0 Å². The van der Waals surface area contributed by atoms with Gasteiger partial charge in [0.2, 0.25) is 5.52 Å². The number of rotatable bonds is 6. The Morgan fingerprint density at radius 3 is 2.18 bits per heavy atom. The first-order chi connectivity index (χ1) is 10.5. The first-order valence-corrected chi connectivity index (χ1v) is 9.18. The van der Waals surface area contributed by atoms with Gasteiger partial charge in [0.25, 0.3) is 0 Å². The van der Waals surface area contributed by atoms with Crippen LogP contribution in [0.3, 0.4) is 0 Å². The van der Waals surface area contributed by atoms with Gasteiger partial charge in [0.05, 0.1) is 0 Å². The van der Waals surface area contributed by atoms with Gasteiger partial charge >= 0.3 is 0 Å². The van der Waals surface area contributed by atoms with Crippen molar-refractivity contribution in [3.8, 4) is 0 Å². The molecule has 0 radical (unpaired) electrons. The summed E-state index contributed by atoms with van der Waals surface area (Å²) in [6, 6.07) is 15.9. The van der Waals surface area contributed by atoms with Gasteiger partial charge in [0.15, 0.2) is 0 Å². The second kappa shape index (κ2) is 7.56. The Labute approximate surface area is 133 Å². The number of carbonyl (C=O) groups is 1. The maximum absolute atomic E-state index is 12.6. The molecule has 0 saturated carbocycles. The molecule has 0 saturated heterocycles. The van der Waals surface area contributed by atoms with Crippen LogP contribution >= 0.6 is 7.80 Å². The summed E-state index contributed by atoms with van der Waals surface area (Å²) >= 11 is 0. The number of carbonyl (C=O) groups excluding carboxylic acids is 1. The molecule has 3 heteroatoms. The van der Waals surface area contributed by atoms with Gasteiger partial charge in [-0.3, -0.25) is 4.79 Å². The Balaban J connectivity index is 2.05. The Hall–Kier alpha value is -1.66. The fourth-order valence-corrected chi connectivity index (χ4v) is 4.17. The fourth-order valence-electron chi connectivity index (χ4n) is 2.68. The lowest BCUT2D eigenvalue weighted by atomic mass is 10.0. The third-order valence-corrected chi connectivity index (χ3v) is 5.97. The zero-order valence-electron chi connectivity index (χ0n) is 13.4. The summed E-state index contributed by atoms with van der Waals surface area (Å²) in [5.74, 6) is 0. The highest BCUT2D eigenvalue weighted by atomic mass is 31.1. The quantitative estimate of drug-likeness (QED) is 0.701. The summed E-state index contributed by atoms with van der Waals surface area (Å²) in [5, 5.41) is 0. The van der Waals surface area contributed by atoms with Crippen LogP contribution in [0.5, 0.6) is 0 Å². The van der Waals surface area contributed by atoms with E-state index in [9.17, 15) is 9.36 Å². The van der Waals surface area contributed by atoms with Crippen LogP contribution < -0.4 is 0 Å². The van der Waals surface area contributed by atoms with Crippen molar-refractivity contribution in [2.75, 3.05) is 0 Å². The molecule has 0 aliphatic heterocycles. The van der Waals surface area contributed by atoms with Gasteiger partial charge < -0.3 is 4.57 Å². The molecule has 2 aromatic rings. The van der Waals surface area contributed by atoms with Crippen LogP contribution in [0.1, 0.15) is 40.4 Å². The Kier molecular flexibility index (Phi) is 5.74. The standard InChI is InChI=1S/C19H23O2P/c1-14-8-7-9-15(2)18(14)19(20)22(21)16(3)12-13-17-10-5-4-6-11-17/h4-11,16,22H,12-13H2,1-3H3. The predicted molar refractivity (Wildman–Crippen MR) is 93.5 cm³/mol. The number of hydrogen-bond donors (Lipinski definition) is 0. The van der Waals surface area contributed by atoms with Gasteiger partial charge in [0, 0.05) is 11.2 Å². The van der Waals surface area contributed by atoms with Gasteiger partial charge in [-0.15, -0.1) is 0 Å². The van der Waals surface area contributed by atoms with E-state index in [0.29, 0.717) is 5.56 Å². The monoisotopic (exact) mass is 314 g/mol. The second-order valence-corrected chi connectivity index (χ2v) is 8.05. The SMILES string of the molecule is Cc1cccc(C)c1C(=O)[PH](=O)C(C)CCc1ccccc1. The Bertz CT molecular complexity index is 657. The molecule has 22 heavy (non-hydrogen) atoms. The number of hydrogen-bond acceptors (Lipinski definition) is 2. The Morgan fingerprint density at radius 2 is 1.59 bits per heavy atom. The zero-order chi connectivity index (χ0) is 16.1. The maximum Gasteiger partial charge on any atom is 0.219 e. The summed E-state index contributed by atoms with van der Waals surface area (Å²) in [7, 11) is -2.30. The Morgan fingerprint density at radius 1 is 1.00 bits per heavy atom. The smallest absolute Gasteiger partial charge is 0.219 e. The van der Waals surface area contributed by atoms with E-state index in [2.05, 4.69) is 12.1 Å². The highest BCUT2D eigenvalue weighted by Gasteiger charge is 2.23.